The normalized spacial score (nSPS) is 11.1. The zero-order valence-corrected chi connectivity index (χ0v) is 14.4. The Bertz CT molecular complexity index is 819. The lowest BCUT2D eigenvalue weighted by Crippen LogP contribution is -2.33. The SMILES string of the molecule is CCOc1ccccc1NC(=O)CNS(=O)(=O)c1cccc(C)c1. The molecule has 0 aromatic heterocycles. The Balaban J connectivity index is 2.01. The van der Waals surface area contributed by atoms with Crippen LogP contribution < -0.4 is 14.8 Å². The number of hydrogen-bond acceptors (Lipinski definition) is 4. The zero-order chi connectivity index (χ0) is 17.6. The molecule has 0 fully saturated rings. The number of benzene rings is 2. The van der Waals surface area contributed by atoms with Crippen molar-refractivity contribution in [2.75, 3.05) is 18.5 Å². The summed E-state index contributed by atoms with van der Waals surface area (Å²) in [7, 11) is -3.73. The number of anilines is 1. The van der Waals surface area contributed by atoms with Crippen LogP contribution in [0.3, 0.4) is 0 Å². The molecule has 0 radical (unpaired) electrons. The second-order valence-corrected chi connectivity index (χ2v) is 6.89. The predicted molar refractivity (Wildman–Crippen MR) is 92.6 cm³/mol. The average molecular weight is 348 g/mol. The van der Waals surface area contributed by atoms with Gasteiger partial charge in [-0.3, -0.25) is 4.79 Å². The molecule has 1 amide bonds. The van der Waals surface area contributed by atoms with Crippen LogP contribution in [0.4, 0.5) is 5.69 Å². The van der Waals surface area contributed by atoms with Crippen LogP contribution >= 0.6 is 0 Å². The van der Waals surface area contributed by atoms with Gasteiger partial charge in [0.2, 0.25) is 15.9 Å². The smallest absolute Gasteiger partial charge is 0.241 e. The van der Waals surface area contributed by atoms with Gasteiger partial charge in [-0.1, -0.05) is 24.3 Å². The summed E-state index contributed by atoms with van der Waals surface area (Å²) in [6.07, 6.45) is 0. The number of sulfonamides is 1. The van der Waals surface area contributed by atoms with Crippen LogP contribution in [0.15, 0.2) is 53.4 Å². The molecule has 2 N–H and O–H groups in total. The van der Waals surface area contributed by atoms with Gasteiger partial charge in [-0.25, -0.2) is 13.1 Å². The van der Waals surface area contributed by atoms with Crippen LogP contribution in [0.2, 0.25) is 0 Å². The number of carbonyl (C=O) groups excluding carboxylic acids is 1. The van der Waals surface area contributed by atoms with E-state index >= 15 is 0 Å². The Morgan fingerprint density at radius 1 is 1.12 bits per heavy atom. The van der Waals surface area contributed by atoms with Crippen molar-refractivity contribution in [3.8, 4) is 5.75 Å². The van der Waals surface area contributed by atoms with Gasteiger partial charge in [0.25, 0.3) is 0 Å². The van der Waals surface area contributed by atoms with Crippen LogP contribution in [-0.2, 0) is 14.8 Å². The molecule has 6 nitrogen and oxygen atoms in total. The highest BCUT2D eigenvalue weighted by molar-refractivity contribution is 7.89. The lowest BCUT2D eigenvalue weighted by Gasteiger charge is -2.12. The predicted octanol–water partition coefficient (Wildman–Crippen LogP) is 2.31. The van der Waals surface area contributed by atoms with Gasteiger partial charge in [0, 0.05) is 0 Å². The number of para-hydroxylation sites is 2. The number of aryl methyl sites for hydroxylation is 1. The number of amides is 1. The third-order valence-electron chi connectivity index (χ3n) is 3.18. The van der Waals surface area contributed by atoms with E-state index in [0.29, 0.717) is 18.0 Å². The molecule has 0 saturated carbocycles. The molecule has 0 aliphatic rings. The van der Waals surface area contributed by atoms with Crippen molar-refractivity contribution in [1.82, 2.24) is 4.72 Å². The van der Waals surface area contributed by atoms with Crippen LogP contribution in [0.1, 0.15) is 12.5 Å². The summed E-state index contributed by atoms with van der Waals surface area (Å²) in [6.45, 7) is 3.74. The van der Waals surface area contributed by atoms with Crippen molar-refractivity contribution >= 4 is 21.6 Å². The van der Waals surface area contributed by atoms with Crippen LogP contribution in [0.5, 0.6) is 5.75 Å². The topological polar surface area (TPSA) is 84.5 Å². The summed E-state index contributed by atoms with van der Waals surface area (Å²) in [5.41, 5.74) is 1.33. The molecule has 0 unspecified atom stereocenters. The summed E-state index contributed by atoms with van der Waals surface area (Å²) < 4.78 is 32.1. The molecule has 0 spiro atoms. The Morgan fingerprint density at radius 3 is 2.58 bits per heavy atom. The first-order valence-electron chi connectivity index (χ1n) is 7.50. The molecule has 2 aromatic rings. The van der Waals surface area contributed by atoms with E-state index in [1.54, 1.807) is 49.4 Å². The molecule has 0 saturated heterocycles. The van der Waals surface area contributed by atoms with E-state index in [-0.39, 0.29) is 11.4 Å². The third kappa shape index (κ3) is 4.81. The summed E-state index contributed by atoms with van der Waals surface area (Å²) in [6, 6.07) is 13.5. The van der Waals surface area contributed by atoms with E-state index in [1.165, 1.54) is 6.07 Å². The maximum atomic E-state index is 12.2. The molecule has 0 heterocycles. The maximum Gasteiger partial charge on any atom is 0.241 e. The molecule has 0 aliphatic heterocycles. The van der Waals surface area contributed by atoms with Crippen molar-refractivity contribution in [1.29, 1.82) is 0 Å². The third-order valence-corrected chi connectivity index (χ3v) is 4.58. The van der Waals surface area contributed by atoms with Gasteiger partial charge in [0.15, 0.2) is 0 Å². The number of ether oxygens (including phenoxy) is 1. The lowest BCUT2D eigenvalue weighted by molar-refractivity contribution is -0.115. The second kappa shape index (κ2) is 7.94. The Morgan fingerprint density at radius 2 is 1.88 bits per heavy atom. The minimum Gasteiger partial charge on any atom is -0.492 e. The Labute approximate surface area is 141 Å². The minimum absolute atomic E-state index is 0.130. The van der Waals surface area contributed by atoms with Gasteiger partial charge in [-0.15, -0.1) is 0 Å². The first-order chi connectivity index (χ1) is 11.4. The standard InChI is InChI=1S/C17H20N2O4S/c1-3-23-16-10-5-4-9-15(16)19-17(20)12-18-24(21,22)14-8-6-7-13(2)11-14/h4-11,18H,3,12H2,1-2H3,(H,19,20). The first kappa shape index (κ1) is 18.0. The van der Waals surface area contributed by atoms with Crippen LogP contribution in [-0.4, -0.2) is 27.5 Å². The molecular weight excluding hydrogens is 328 g/mol. The van der Waals surface area contributed by atoms with E-state index in [4.69, 9.17) is 4.74 Å². The van der Waals surface area contributed by atoms with Gasteiger partial charge < -0.3 is 10.1 Å². The van der Waals surface area contributed by atoms with E-state index in [1.807, 2.05) is 6.92 Å². The summed E-state index contributed by atoms with van der Waals surface area (Å²) in [5, 5.41) is 2.64. The molecule has 2 aromatic carbocycles. The first-order valence-corrected chi connectivity index (χ1v) is 8.98. The van der Waals surface area contributed by atoms with Crippen molar-refractivity contribution in [2.45, 2.75) is 18.7 Å². The van der Waals surface area contributed by atoms with Gasteiger partial charge in [0.05, 0.1) is 23.7 Å². The molecular formula is C17H20N2O4S. The second-order valence-electron chi connectivity index (χ2n) is 5.12. The van der Waals surface area contributed by atoms with E-state index in [9.17, 15) is 13.2 Å². The summed E-state index contributed by atoms with van der Waals surface area (Å²) in [4.78, 5) is 12.1. The van der Waals surface area contributed by atoms with Gasteiger partial charge >= 0.3 is 0 Å². The molecule has 7 heteroatoms. The largest absolute Gasteiger partial charge is 0.492 e. The molecule has 0 bridgehead atoms. The fraction of sp³-hybridized carbons (Fsp3) is 0.235. The minimum atomic E-state index is -3.73. The van der Waals surface area contributed by atoms with E-state index in [0.717, 1.165) is 5.56 Å². The Kier molecular flexibility index (Phi) is 5.94. The van der Waals surface area contributed by atoms with Crippen LogP contribution in [0, 0.1) is 6.92 Å². The fourth-order valence-electron chi connectivity index (χ4n) is 2.07. The lowest BCUT2D eigenvalue weighted by atomic mass is 10.2. The maximum absolute atomic E-state index is 12.2. The molecule has 0 aliphatic carbocycles. The monoisotopic (exact) mass is 348 g/mol. The van der Waals surface area contributed by atoms with Crippen molar-refractivity contribution in [3.63, 3.8) is 0 Å². The van der Waals surface area contributed by atoms with Gasteiger partial charge in [-0.2, -0.15) is 0 Å². The number of rotatable bonds is 7. The Hall–Kier alpha value is -2.38. The fourth-order valence-corrected chi connectivity index (χ4v) is 3.16. The summed E-state index contributed by atoms with van der Waals surface area (Å²) in [5.74, 6) is 0.0632. The molecule has 2 rings (SSSR count). The molecule has 24 heavy (non-hydrogen) atoms. The quantitative estimate of drug-likeness (QED) is 0.804. The number of hydrogen-bond donors (Lipinski definition) is 2. The van der Waals surface area contributed by atoms with Gasteiger partial charge in [0.1, 0.15) is 5.75 Å². The zero-order valence-electron chi connectivity index (χ0n) is 13.6. The van der Waals surface area contributed by atoms with Crippen molar-refractivity contribution in [2.24, 2.45) is 0 Å². The average Bonchev–Trinajstić information content (AvgIpc) is 2.55. The van der Waals surface area contributed by atoms with E-state index in [2.05, 4.69) is 10.0 Å². The van der Waals surface area contributed by atoms with Crippen molar-refractivity contribution in [3.05, 3.63) is 54.1 Å². The van der Waals surface area contributed by atoms with E-state index < -0.39 is 15.9 Å². The number of carbonyl (C=O) groups is 1. The highest BCUT2D eigenvalue weighted by Crippen LogP contribution is 2.23. The number of nitrogens with one attached hydrogen (secondary N) is 2. The van der Waals surface area contributed by atoms with Crippen molar-refractivity contribution < 1.29 is 17.9 Å². The molecule has 128 valence electrons. The summed E-state index contributed by atoms with van der Waals surface area (Å²) >= 11 is 0. The highest BCUT2D eigenvalue weighted by atomic mass is 32.2. The van der Waals surface area contributed by atoms with Crippen LogP contribution in [0.25, 0.3) is 0 Å². The highest BCUT2D eigenvalue weighted by Gasteiger charge is 2.16. The molecule has 0 atom stereocenters. The van der Waals surface area contributed by atoms with Gasteiger partial charge in [-0.05, 0) is 43.7 Å².